The third-order valence-corrected chi connectivity index (χ3v) is 3.12. The summed E-state index contributed by atoms with van der Waals surface area (Å²) < 4.78 is 5.26. The molecular weight excluding hydrogens is 218 g/mol. The molecule has 2 N–H and O–H groups in total. The lowest BCUT2D eigenvalue weighted by Gasteiger charge is -2.24. The average molecular weight is 237 g/mol. The highest BCUT2D eigenvalue weighted by atomic mass is 16.5. The maximum atomic E-state index is 5.65. The summed E-state index contributed by atoms with van der Waals surface area (Å²) in [4.78, 5) is 14.4. The van der Waals surface area contributed by atoms with E-state index >= 15 is 0 Å². The molecule has 1 atom stereocenters. The van der Waals surface area contributed by atoms with Gasteiger partial charge in [0, 0.05) is 13.1 Å². The highest BCUT2D eigenvalue weighted by Crippen LogP contribution is 2.35. The summed E-state index contributed by atoms with van der Waals surface area (Å²) >= 11 is 0. The van der Waals surface area contributed by atoms with Gasteiger partial charge in [-0.05, 0) is 32.6 Å². The Hall–Kier alpha value is -1.59. The highest BCUT2D eigenvalue weighted by molar-refractivity contribution is 5.36. The number of nitrogens with two attached hydrogens (primary N) is 1. The van der Waals surface area contributed by atoms with Gasteiger partial charge in [-0.15, -0.1) is 0 Å². The van der Waals surface area contributed by atoms with E-state index in [1.807, 2.05) is 18.9 Å². The minimum atomic E-state index is 0.202. The standard InChI is InChI=1S/C11H19N5O/c1-4-17-11-14-9(12)13-10(15-11)16(3)7(2)8-5-6-8/h7-8H,4-6H2,1-3H3,(H2,12,13,14,15). The molecule has 0 saturated heterocycles. The lowest BCUT2D eigenvalue weighted by molar-refractivity contribution is 0.312. The van der Waals surface area contributed by atoms with Crippen molar-refractivity contribution in [3.05, 3.63) is 0 Å². The van der Waals surface area contributed by atoms with E-state index in [2.05, 4.69) is 21.9 Å². The van der Waals surface area contributed by atoms with E-state index < -0.39 is 0 Å². The zero-order valence-electron chi connectivity index (χ0n) is 10.6. The maximum Gasteiger partial charge on any atom is 0.323 e. The Morgan fingerprint density at radius 3 is 2.71 bits per heavy atom. The summed E-state index contributed by atoms with van der Waals surface area (Å²) in [6.07, 6.45) is 2.56. The van der Waals surface area contributed by atoms with Crippen molar-refractivity contribution >= 4 is 11.9 Å². The van der Waals surface area contributed by atoms with Crippen LogP contribution in [0.4, 0.5) is 11.9 Å². The molecule has 1 unspecified atom stereocenters. The Kier molecular flexibility index (Phi) is 3.31. The fraction of sp³-hybridized carbons (Fsp3) is 0.727. The van der Waals surface area contributed by atoms with Crippen LogP contribution in [0, 0.1) is 5.92 Å². The molecule has 1 heterocycles. The van der Waals surface area contributed by atoms with Crippen LogP contribution < -0.4 is 15.4 Å². The summed E-state index contributed by atoms with van der Waals surface area (Å²) in [6, 6.07) is 0.719. The second-order valence-electron chi connectivity index (χ2n) is 4.40. The lowest BCUT2D eigenvalue weighted by Crippen LogP contribution is -2.32. The first-order valence-corrected chi connectivity index (χ1v) is 5.99. The van der Waals surface area contributed by atoms with Crippen LogP contribution in [0.3, 0.4) is 0 Å². The smallest absolute Gasteiger partial charge is 0.323 e. The van der Waals surface area contributed by atoms with Crippen molar-refractivity contribution in [2.75, 3.05) is 24.3 Å². The Bertz CT molecular complexity index is 393. The molecule has 94 valence electrons. The van der Waals surface area contributed by atoms with Crippen LogP contribution >= 0.6 is 0 Å². The zero-order valence-corrected chi connectivity index (χ0v) is 10.6. The second kappa shape index (κ2) is 4.73. The first-order chi connectivity index (χ1) is 8.11. The summed E-state index contributed by atoms with van der Waals surface area (Å²) in [5.41, 5.74) is 5.65. The molecule has 1 fully saturated rings. The molecule has 0 radical (unpaired) electrons. The summed E-state index contributed by atoms with van der Waals surface area (Å²) in [5, 5.41) is 0. The van der Waals surface area contributed by atoms with Gasteiger partial charge in [0.1, 0.15) is 0 Å². The van der Waals surface area contributed by atoms with Crippen LogP contribution in [0.25, 0.3) is 0 Å². The Morgan fingerprint density at radius 1 is 1.41 bits per heavy atom. The molecule has 0 amide bonds. The van der Waals surface area contributed by atoms with E-state index in [1.165, 1.54) is 12.8 Å². The molecule has 2 rings (SSSR count). The van der Waals surface area contributed by atoms with Crippen LogP contribution in [0.5, 0.6) is 6.01 Å². The SMILES string of the molecule is CCOc1nc(N)nc(N(C)C(C)C2CC2)n1. The third-order valence-electron chi connectivity index (χ3n) is 3.12. The van der Waals surface area contributed by atoms with E-state index in [1.54, 1.807) is 0 Å². The molecule has 0 bridgehead atoms. The van der Waals surface area contributed by atoms with E-state index in [0.29, 0.717) is 24.6 Å². The van der Waals surface area contributed by atoms with Crippen molar-refractivity contribution in [3.8, 4) is 6.01 Å². The number of rotatable bonds is 5. The minimum Gasteiger partial charge on any atom is -0.464 e. The fourth-order valence-electron chi connectivity index (χ4n) is 1.79. The summed E-state index contributed by atoms with van der Waals surface area (Å²) in [5.74, 6) is 1.53. The van der Waals surface area contributed by atoms with Crippen molar-refractivity contribution in [1.82, 2.24) is 15.0 Å². The van der Waals surface area contributed by atoms with Gasteiger partial charge in [-0.3, -0.25) is 0 Å². The number of hydrogen-bond acceptors (Lipinski definition) is 6. The van der Waals surface area contributed by atoms with E-state index in [0.717, 1.165) is 5.92 Å². The van der Waals surface area contributed by atoms with E-state index in [-0.39, 0.29) is 5.95 Å². The van der Waals surface area contributed by atoms with Gasteiger partial charge in [0.05, 0.1) is 6.61 Å². The van der Waals surface area contributed by atoms with Gasteiger partial charge < -0.3 is 15.4 Å². The minimum absolute atomic E-state index is 0.202. The first kappa shape index (κ1) is 11.9. The zero-order chi connectivity index (χ0) is 12.4. The molecule has 1 aromatic rings. The molecule has 1 aliphatic rings. The van der Waals surface area contributed by atoms with Crippen molar-refractivity contribution in [2.24, 2.45) is 5.92 Å². The topological polar surface area (TPSA) is 77.2 Å². The predicted molar refractivity (Wildman–Crippen MR) is 66.0 cm³/mol. The van der Waals surface area contributed by atoms with Crippen LogP contribution in [0.15, 0.2) is 0 Å². The van der Waals surface area contributed by atoms with Crippen LogP contribution in [-0.4, -0.2) is 34.6 Å². The molecule has 0 aromatic carbocycles. The largest absolute Gasteiger partial charge is 0.464 e. The normalized spacial score (nSPS) is 16.6. The summed E-state index contributed by atoms with van der Waals surface area (Å²) in [7, 11) is 1.98. The van der Waals surface area contributed by atoms with Crippen LogP contribution in [0.2, 0.25) is 0 Å². The Morgan fingerprint density at radius 2 is 2.12 bits per heavy atom. The molecule has 6 nitrogen and oxygen atoms in total. The lowest BCUT2D eigenvalue weighted by atomic mass is 10.2. The van der Waals surface area contributed by atoms with Crippen molar-refractivity contribution in [1.29, 1.82) is 0 Å². The second-order valence-corrected chi connectivity index (χ2v) is 4.40. The molecule has 1 saturated carbocycles. The monoisotopic (exact) mass is 237 g/mol. The van der Waals surface area contributed by atoms with Gasteiger partial charge in [0.2, 0.25) is 11.9 Å². The van der Waals surface area contributed by atoms with Gasteiger partial charge in [0.15, 0.2) is 0 Å². The van der Waals surface area contributed by atoms with Gasteiger partial charge >= 0.3 is 6.01 Å². The Balaban J connectivity index is 2.18. The van der Waals surface area contributed by atoms with Gasteiger partial charge in [-0.2, -0.15) is 15.0 Å². The number of nitrogens with zero attached hydrogens (tertiary/aromatic N) is 4. The predicted octanol–water partition coefficient (Wildman–Crippen LogP) is 1.09. The molecule has 0 aliphatic heterocycles. The highest BCUT2D eigenvalue weighted by Gasteiger charge is 2.31. The number of nitrogen functional groups attached to an aromatic ring is 1. The van der Waals surface area contributed by atoms with Crippen molar-refractivity contribution in [2.45, 2.75) is 32.7 Å². The quantitative estimate of drug-likeness (QED) is 0.826. The summed E-state index contributed by atoms with van der Waals surface area (Å²) in [6.45, 7) is 4.58. The van der Waals surface area contributed by atoms with Gasteiger partial charge in [-0.1, -0.05) is 0 Å². The molecule has 1 aliphatic carbocycles. The first-order valence-electron chi connectivity index (χ1n) is 5.99. The molecule has 6 heteroatoms. The molecular formula is C11H19N5O. The van der Waals surface area contributed by atoms with Crippen molar-refractivity contribution < 1.29 is 4.74 Å². The van der Waals surface area contributed by atoms with Crippen LogP contribution in [-0.2, 0) is 0 Å². The van der Waals surface area contributed by atoms with Crippen LogP contribution in [0.1, 0.15) is 26.7 Å². The third kappa shape index (κ3) is 2.75. The average Bonchev–Trinajstić information content (AvgIpc) is 3.10. The number of hydrogen-bond donors (Lipinski definition) is 1. The number of ether oxygens (including phenoxy) is 1. The molecule has 1 aromatic heterocycles. The molecule has 17 heavy (non-hydrogen) atoms. The number of anilines is 2. The van der Waals surface area contributed by atoms with E-state index in [4.69, 9.17) is 10.5 Å². The van der Waals surface area contributed by atoms with Crippen molar-refractivity contribution in [3.63, 3.8) is 0 Å². The fourth-order valence-corrected chi connectivity index (χ4v) is 1.79. The molecule has 0 spiro atoms. The number of aromatic nitrogens is 3. The van der Waals surface area contributed by atoms with E-state index in [9.17, 15) is 0 Å². The van der Waals surface area contributed by atoms with Gasteiger partial charge in [-0.25, -0.2) is 0 Å². The Labute approximate surface area is 101 Å². The van der Waals surface area contributed by atoms with Gasteiger partial charge in [0.25, 0.3) is 0 Å². The maximum absolute atomic E-state index is 5.65.